The van der Waals surface area contributed by atoms with E-state index in [-0.39, 0.29) is 23.5 Å². The van der Waals surface area contributed by atoms with E-state index in [1.54, 1.807) is 0 Å². The highest BCUT2D eigenvalue weighted by atomic mass is 32.2. The lowest BCUT2D eigenvalue weighted by atomic mass is 10.2. The summed E-state index contributed by atoms with van der Waals surface area (Å²) in [5.41, 5.74) is 0.869. The van der Waals surface area contributed by atoms with Crippen LogP contribution in [-0.4, -0.2) is 70.0 Å². The lowest BCUT2D eigenvalue weighted by Gasteiger charge is -2.26. The first kappa shape index (κ1) is 22.4. The Morgan fingerprint density at radius 3 is 2.57 bits per heavy atom. The van der Waals surface area contributed by atoms with Gasteiger partial charge in [0.2, 0.25) is 10.0 Å². The van der Waals surface area contributed by atoms with Gasteiger partial charge in [0.1, 0.15) is 5.82 Å². The van der Waals surface area contributed by atoms with E-state index < -0.39 is 21.7 Å². The van der Waals surface area contributed by atoms with Crippen LogP contribution < -0.4 is 5.32 Å². The topological polar surface area (TPSA) is 79.0 Å². The summed E-state index contributed by atoms with van der Waals surface area (Å²) in [4.78, 5) is 14.4. The first-order valence-corrected chi connectivity index (χ1v) is 11.2. The molecule has 30 heavy (non-hydrogen) atoms. The SMILES string of the molecule is CN(CCNC(=O)c1cc(S(=O)(=O)N2CCOCC2)ccc1F)Cc1ccccc1. The molecule has 1 amide bonds. The van der Waals surface area contributed by atoms with Gasteiger partial charge in [0.15, 0.2) is 0 Å². The van der Waals surface area contributed by atoms with Crippen molar-refractivity contribution < 1.29 is 22.3 Å². The van der Waals surface area contributed by atoms with E-state index in [2.05, 4.69) is 5.32 Å². The fraction of sp³-hybridized carbons (Fsp3) is 0.381. The number of amides is 1. The van der Waals surface area contributed by atoms with Gasteiger partial charge in [0, 0.05) is 32.7 Å². The van der Waals surface area contributed by atoms with Crippen LogP contribution in [0.4, 0.5) is 4.39 Å². The van der Waals surface area contributed by atoms with Crippen molar-refractivity contribution in [2.75, 3.05) is 46.4 Å². The zero-order chi connectivity index (χ0) is 21.6. The summed E-state index contributed by atoms with van der Waals surface area (Å²) < 4.78 is 46.2. The number of carbonyl (C=O) groups excluding carboxylic acids is 1. The molecule has 0 saturated carbocycles. The number of nitrogens with one attached hydrogen (secondary N) is 1. The maximum absolute atomic E-state index is 14.2. The molecule has 2 aromatic carbocycles. The molecule has 0 radical (unpaired) electrons. The van der Waals surface area contributed by atoms with E-state index in [1.807, 2.05) is 42.3 Å². The number of carbonyl (C=O) groups is 1. The van der Waals surface area contributed by atoms with Crippen LogP contribution in [0.1, 0.15) is 15.9 Å². The summed E-state index contributed by atoms with van der Waals surface area (Å²) in [6, 6.07) is 13.2. The van der Waals surface area contributed by atoms with Crippen LogP contribution in [0, 0.1) is 5.82 Å². The van der Waals surface area contributed by atoms with Crippen molar-refractivity contribution in [2.45, 2.75) is 11.4 Å². The number of morpholine rings is 1. The average Bonchev–Trinajstić information content (AvgIpc) is 2.75. The quantitative estimate of drug-likeness (QED) is 0.683. The molecule has 1 heterocycles. The van der Waals surface area contributed by atoms with E-state index >= 15 is 0 Å². The number of sulfonamides is 1. The third-order valence-corrected chi connectivity index (χ3v) is 6.76. The third-order valence-electron chi connectivity index (χ3n) is 4.86. The molecule has 1 fully saturated rings. The molecule has 7 nitrogen and oxygen atoms in total. The van der Waals surface area contributed by atoms with Crippen LogP contribution in [0.2, 0.25) is 0 Å². The van der Waals surface area contributed by atoms with Crippen LogP contribution in [0.3, 0.4) is 0 Å². The van der Waals surface area contributed by atoms with E-state index in [9.17, 15) is 17.6 Å². The fourth-order valence-corrected chi connectivity index (χ4v) is 4.64. The molecule has 9 heteroatoms. The summed E-state index contributed by atoms with van der Waals surface area (Å²) in [6.07, 6.45) is 0. The molecule has 1 aliphatic rings. The van der Waals surface area contributed by atoms with Crippen molar-refractivity contribution in [3.63, 3.8) is 0 Å². The molecule has 3 rings (SSSR count). The van der Waals surface area contributed by atoms with Gasteiger partial charge in [-0.3, -0.25) is 4.79 Å². The molecule has 0 aliphatic carbocycles. The predicted molar refractivity (Wildman–Crippen MR) is 111 cm³/mol. The second-order valence-electron chi connectivity index (χ2n) is 7.14. The van der Waals surface area contributed by atoms with Gasteiger partial charge < -0.3 is 15.0 Å². The number of nitrogens with zero attached hydrogens (tertiary/aromatic N) is 2. The van der Waals surface area contributed by atoms with E-state index in [1.165, 1.54) is 10.4 Å². The molecule has 0 unspecified atom stereocenters. The van der Waals surface area contributed by atoms with Crippen LogP contribution >= 0.6 is 0 Å². The molecular formula is C21H26FN3O4S. The lowest BCUT2D eigenvalue weighted by molar-refractivity contribution is 0.0730. The molecule has 0 spiro atoms. The molecule has 1 N–H and O–H groups in total. The molecular weight excluding hydrogens is 409 g/mol. The molecule has 162 valence electrons. The van der Waals surface area contributed by atoms with Crippen LogP contribution in [0.15, 0.2) is 53.4 Å². The van der Waals surface area contributed by atoms with Crippen molar-refractivity contribution >= 4 is 15.9 Å². The summed E-state index contributed by atoms with van der Waals surface area (Å²) in [7, 11) is -1.88. The van der Waals surface area contributed by atoms with Crippen molar-refractivity contribution in [2.24, 2.45) is 0 Å². The van der Waals surface area contributed by atoms with Crippen LogP contribution in [-0.2, 0) is 21.3 Å². The number of likely N-dealkylation sites (N-methyl/N-ethyl adjacent to an activating group) is 1. The van der Waals surface area contributed by atoms with Crippen molar-refractivity contribution in [3.05, 3.63) is 65.5 Å². The summed E-state index contributed by atoms with van der Waals surface area (Å²) in [5.74, 6) is -1.40. The Morgan fingerprint density at radius 2 is 1.87 bits per heavy atom. The highest BCUT2D eigenvalue weighted by Crippen LogP contribution is 2.20. The van der Waals surface area contributed by atoms with Crippen molar-refractivity contribution in [1.82, 2.24) is 14.5 Å². The van der Waals surface area contributed by atoms with Crippen LogP contribution in [0.25, 0.3) is 0 Å². The smallest absolute Gasteiger partial charge is 0.254 e. The number of halogens is 1. The van der Waals surface area contributed by atoms with Gasteiger partial charge in [-0.25, -0.2) is 12.8 Å². The van der Waals surface area contributed by atoms with E-state index in [4.69, 9.17) is 4.74 Å². The highest BCUT2D eigenvalue weighted by molar-refractivity contribution is 7.89. The maximum atomic E-state index is 14.2. The fourth-order valence-electron chi connectivity index (χ4n) is 3.20. The lowest BCUT2D eigenvalue weighted by Crippen LogP contribution is -2.40. The predicted octanol–water partition coefficient (Wildman–Crippen LogP) is 1.71. The van der Waals surface area contributed by atoms with Gasteiger partial charge in [0.05, 0.1) is 23.7 Å². The third kappa shape index (κ3) is 5.63. The van der Waals surface area contributed by atoms with Crippen molar-refractivity contribution in [3.8, 4) is 0 Å². The molecule has 1 aliphatic heterocycles. The Labute approximate surface area is 176 Å². The summed E-state index contributed by atoms with van der Waals surface area (Å²) in [5, 5.41) is 2.67. The highest BCUT2D eigenvalue weighted by Gasteiger charge is 2.27. The van der Waals surface area contributed by atoms with Crippen molar-refractivity contribution in [1.29, 1.82) is 0 Å². The average molecular weight is 436 g/mol. The van der Waals surface area contributed by atoms with Gasteiger partial charge in [-0.15, -0.1) is 0 Å². The Balaban J connectivity index is 1.61. The van der Waals surface area contributed by atoms with Gasteiger partial charge in [-0.2, -0.15) is 4.31 Å². The van der Waals surface area contributed by atoms with Gasteiger partial charge >= 0.3 is 0 Å². The minimum Gasteiger partial charge on any atom is -0.379 e. The Bertz CT molecular complexity index is 963. The Hall–Kier alpha value is -2.33. The normalized spacial score (nSPS) is 15.3. The number of rotatable bonds is 8. The molecule has 1 saturated heterocycles. The number of benzene rings is 2. The largest absolute Gasteiger partial charge is 0.379 e. The standard InChI is InChI=1S/C21H26FN3O4S/c1-24(16-17-5-3-2-4-6-17)10-9-23-21(26)19-15-18(7-8-20(19)22)30(27,28)25-11-13-29-14-12-25/h2-8,15H,9-14,16H2,1H3,(H,23,26). The van der Waals surface area contributed by atoms with Crippen LogP contribution in [0.5, 0.6) is 0 Å². The minimum atomic E-state index is -3.80. The molecule has 0 atom stereocenters. The number of ether oxygens (including phenoxy) is 1. The number of hydrogen-bond acceptors (Lipinski definition) is 5. The second kappa shape index (κ2) is 10.1. The number of hydrogen-bond donors (Lipinski definition) is 1. The second-order valence-corrected chi connectivity index (χ2v) is 9.08. The van der Waals surface area contributed by atoms with Gasteiger partial charge in [0.25, 0.3) is 5.91 Å². The Kier molecular flexibility index (Phi) is 7.54. The summed E-state index contributed by atoms with van der Waals surface area (Å²) >= 11 is 0. The zero-order valence-corrected chi connectivity index (χ0v) is 17.7. The van der Waals surface area contributed by atoms with Gasteiger partial charge in [-0.05, 0) is 30.8 Å². The minimum absolute atomic E-state index is 0.0999. The maximum Gasteiger partial charge on any atom is 0.254 e. The van der Waals surface area contributed by atoms with E-state index in [0.717, 1.165) is 24.2 Å². The first-order valence-electron chi connectivity index (χ1n) is 9.76. The van der Waals surface area contributed by atoms with Gasteiger partial charge in [-0.1, -0.05) is 30.3 Å². The zero-order valence-electron chi connectivity index (χ0n) is 16.9. The molecule has 2 aromatic rings. The molecule has 0 bridgehead atoms. The molecule has 0 aromatic heterocycles. The van der Waals surface area contributed by atoms with E-state index in [0.29, 0.717) is 26.3 Å². The summed E-state index contributed by atoms with van der Waals surface area (Å²) in [6.45, 7) is 2.67. The monoisotopic (exact) mass is 435 g/mol. The Morgan fingerprint density at radius 1 is 1.17 bits per heavy atom. The first-order chi connectivity index (χ1) is 14.4.